The number of carbonyl (C=O) groups excluding carboxylic acids is 2. The molecule has 1 fully saturated rings. The number of carboxylic acid groups (broad SMARTS) is 1. The average Bonchev–Trinajstić information content (AvgIpc) is 3.15. The van der Waals surface area contributed by atoms with Crippen molar-refractivity contribution in [2.45, 2.75) is 75.8 Å². The van der Waals surface area contributed by atoms with E-state index in [2.05, 4.69) is 34.9 Å². The van der Waals surface area contributed by atoms with Crippen LogP contribution in [0.4, 0.5) is 4.79 Å². The maximum atomic E-state index is 12.7. The van der Waals surface area contributed by atoms with Gasteiger partial charge in [0.15, 0.2) is 0 Å². The molecule has 0 radical (unpaired) electrons. The van der Waals surface area contributed by atoms with Gasteiger partial charge in [-0.05, 0) is 48.4 Å². The third kappa shape index (κ3) is 6.02. The van der Waals surface area contributed by atoms with Gasteiger partial charge in [-0.3, -0.25) is 9.59 Å². The summed E-state index contributed by atoms with van der Waals surface area (Å²) in [6.45, 7) is 1.99. The molecule has 7 heteroatoms. The van der Waals surface area contributed by atoms with Gasteiger partial charge in [-0.1, -0.05) is 67.8 Å². The van der Waals surface area contributed by atoms with Crippen molar-refractivity contribution in [3.63, 3.8) is 0 Å². The topological polar surface area (TPSA) is 105 Å². The van der Waals surface area contributed by atoms with E-state index in [0.717, 1.165) is 43.2 Å². The molecule has 1 atom stereocenters. The monoisotopic (exact) mass is 478 g/mol. The molecule has 186 valence electrons. The number of carboxylic acids is 1. The summed E-state index contributed by atoms with van der Waals surface area (Å²) >= 11 is 0. The first-order chi connectivity index (χ1) is 16.9. The Hall–Kier alpha value is -3.35. The zero-order valence-electron chi connectivity index (χ0n) is 20.2. The number of hydrogen-bond donors (Lipinski definition) is 3. The van der Waals surface area contributed by atoms with Crippen LogP contribution in [0.3, 0.4) is 0 Å². The van der Waals surface area contributed by atoms with Crippen LogP contribution in [-0.2, 0) is 14.3 Å². The fourth-order valence-electron chi connectivity index (χ4n) is 5.53. The predicted molar refractivity (Wildman–Crippen MR) is 133 cm³/mol. The molecular formula is C28H34N2O5. The van der Waals surface area contributed by atoms with Crippen LogP contribution in [0.15, 0.2) is 48.5 Å². The summed E-state index contributed by atoms with van der Waals surface area (Å²) in [6.07, 6.45) is 4.67. The van der Waals surface area contributed by atoms with Gasteiger partial charge in [-0.25, -0.2) is 4.79 Å². The van der Waals surface area contributed by atoms with Crippen molar-refractivity contribution < 1.29 is 24.2 Å². The Labute approximate surface area is 206 Å². The highest BCUT2D eigenvalue weighted by Gasteiger charge is 2.34. The van der Waals surface area contributed by atoms with E-state index in [0.29, 0.717) is 6.42 Å². The summed E-state index contributed by atoms with van der Waals surface area (Å²) in [5, 5.41) is 15.0. The quantitative estimate of drug-likeness (QED) is 0.471. The summed E-state index contributed by atoms with van der Waals surface area (Å²) in [5.41, 5.74) is 4.17. The fraction of sp³-hybridized carbons (Fsp3) is 0.464. The van der Waals surface area contributed by atoms with Crippen molar-refractivity contribution >= 4 is 18.0 Å². The Balaban J connectivity index is 1.29. The van der Waals surface area contributed by atoms with Gasteiger partial charge >= 0.3 is 12.1 Å². The van der Waals surface area contributed by atoms with Gasteiger partial charge in [0.25, 0.3) is 0 Å². The highest BCUT2D eigenvalue weighted by molar-refractivity contribution is 5.80. The van der Waals surface area contributed by atoms with Crippen LogP contribution < -0.4 is 10.6 Å². The van der Waals surface area contributed by atoms with E-state index >= 15 is 0 Å². The third-order valence-electron chi connectivity index (χ3n) is 7.23. The number of ether oxygens (including phenoxy) is 1. The minimum Gasteiger partial charge on any atom is -0.481 e. The molecule has 0 saturated heterocycles. The van der Waals surface area contributed by atoms with E-state index in [1.807, 2.05) is 24.3 Å². The lowest BCUT2D eigenvalue weighted by Crippen LogP contribution is -2.51. The van der Waals surface area contributed by atoms with E-state index in [-0.39, 0.29) is 31.3 Å². The van der Waals surface area contributed by atoms with Gasteiger partial charge in [0.2, 0.25) is 5.91 Å². The maximum absolute atomic E-state index is 12.7. The Morgan fingerprint density at radius 3 is 2.20 bits per heavy atom. The Morgan fingerprint density at radius 2 is 1.60 bits per heavy atom. The van der Waals surface area contributed by atoms with Crippen LogP contribution in [0.25, 0.3) is 11.1 Å². The normalized spacial score (nSPS) is 17.1. The van der Waals surface area contributed by atoms with Crippen LogP contribution >= 0.6 is 0 Å². The van der Waals surface area contributed by atoms with Gasteiger partial charge in [-0.15, -0.1) is 0 Å². The van der Waals surface area contributed by atoms with Crippen LogP contribution in [0.5, 0.6) is 0 Å². The highest BCUT2D eigenvalue weighted by atomic mass is 16.5. The van der Waals surface area contributed by atoms with Crippen molar-refractivity contribution in [1.82, 2.24) is 10.6 Å². The minimum absolute atomic E-state index is 0.0212. The largest absolute Gasteiger partial charge is 0.481 e. The Kier molecular flexibility index (Phi) is 7.73. The van der Waals surface area contributed by atoms with Crippen LogP contribution in [0, 0.1) is 0 Å². The molecule has 2 amide bonds. The SMILES string of the molecule is C[C@H](CC(=O)NC1(CCC(=O)O)CCCCC1)NC(=O)OCC1c2ccccc2-c2ccccc21. The standard InChI is InChI=1S/C28H34N2O5/c1-19(17-25(31)30-28(16-13-26(32)33)14-7-2-8-15-28)29-27(34)35-18-24-22-11-5-3-9-20(22)21-10-4-6-12-23(21)24/h3-6,9-12,19,24H,2,7-8,13-18H2,1H3,(H,29,34)(H,30,31)(H,32,33)/t19-/m1/s1. The molecule has 2 aromatic rings. The summed E-state index contributed by atoms with van der Waals surface area (Å²) in [5.74, 6) is -1.05. The van der Waals surface area contributed by atoms with Crippen molar-refractivity contribution in [2.75, 3.05) is 6.61 Å². The number of nitrogens with one attached hydrogen (secondary N) is 2. The average molecular weight is 479 g/mol. The summed E-state index contributed by atoms with van der Waals surface area (Å²) in [4.78, 5) is 36.3. The Morgan fingerprint density at radius 1 is 1.00 bits per heavy atom. The fourth-order valence-corrected chi connectivity index (χ4v) is 5.53. The second-order valence-corrected chi connectivity index (χ2v) is 9.86. The molecule has 35 heavy (non-hydrogen) atoms. The van der Waals surface area contributed by atoms with E-state index in [1.165, 1.54) is 11.1 Å². The number of amides is 2. The summed E-state index contributed by atoms with van der Waals surface area (Å²) in [7, 11) is 0. The molecule has 3 N–H and O–H groups in total. The zero-order chi connectivity index (χ0) is 24.8. The van der Waals surface area contributed by atoms with Crippen molar-refractivity contribution in [3.05, 3.63) is 59.7 Å². The number of rotatable bonds is 9. The van der Waals surface area contributed by atoms with Crippen LogP contribution in [-0.4, -0.2) is 41.3 Å². The van der Waals surface area contributed by atoms with Gasteiger partial charge in [-0.2, -0.15) is 0 Å². The molecule has 7 nitrogen and oxygen atoms in total. The van der Waals surface area contributed by atoms with Gasteiger partial charge < -0.3 is 20.5 Å². The zero-order valence-corrected chi connectivity index (χ0v) is 20.2. The molecule has 2 aromatic carbocycles. The van der Waals surface area contributed by atoms with E-state index in [9.17, 15) is 14.4 Å². The molecule has 0 aliphatic heterocycles. The highest BCUT2D eigenvalue weighted by Crippen LogP contribution is 2.44. The van der Waals surface area contributed by atoms with E-state index in [1.54, 1.807) is 6.92 Å². The second kappa shape index (κ2) is 10.9. The molecule has 0 spiro atoms. The van der Waals surface area contributed by atoms with E-state index in [4.69, 9.17) is 9.84 Å². The first kappa shape index (κ1) is 24.8. The van der Waals surface area contributed by atoms with Crippen LogP contribution in [0.1, 0.15) is 75.3 Å². The second-order valence-electron chi connectivity index (χ2n) is 9.86. The molecule has 4 rings (SSSR count). The Bertz CT molecular complexity index is 1030. The molecule has 1 saturated carbocycles. The van der Waals surface area contributed by atoms with Gasteiger partial charge in [0.1, 0.15) is 6.61 Å². The number of benzene rings is 2. The van der Waals surface area contributed by atoms with Crippen molar-refractivity contribution in [3.8, 4) is 11.1 Å². The molecule has 0 bridgehead atoms. The lowest BCUT2D eigenvalue weighted by Gasteiger charge is -2.38. The molecule has 0 unspecified atom stereocenters. The number of fused-ring (bicyclic) bond motifs is 3. The lowest BCUT2D eigenvalue weighted by atomic mass is 9.78. The number of aliphatic carboxylic acids is 1. The maximum Gasteiger partial charge on any atom is 0.407 e. The first-order valence-electron chi connectivity index (χ1n) is 12.5. The van der Waals surface area contributed by atoms with Crippen LogP contribution in [0.2, 0.25) is 0 Å². The lowest BCUT2D eigenvalue weighted by molar-refractivity contribution is -0.138. The van der Waals surface area contributed by atoms with E-state index < -0.39 is 23.6 Å². The molecule has 0 aromatic heterocycles. The number of alkyl carbamates (subject to hydrolysis) is 1. The van der Waals surface area contributed by atoms with Gasteiger partial charge in [0, 0.05) is 30.3 Å². The summed E-state index contributed by atoms with van der Waals surface area (Å²) in [6, 6.07) is 15.9. The van der Waals surface area contributed by atoms with Crippen molar-refractivity contribution in [2.24, 2.45) is 0 Å². The molecule has 2 aliphatic carbocycles. The number of hydrogen-bond acceptors (Lipinski definition) is 4. The first-order valence-corrected chi connectivity index (χ1v) is 12.5. The predicted octanol–water partition coefficient (Wildman–Crippen LogP) is 4.99. The number of carbonyl (C=O) groups is 3. The molecule has 0 heterocycles. The molecule has 2 aliphatic rings. The molecular weight excluding hydrogens is 444 g/mol. The third-order valence-corrected chi connectivity index (χ3v) is 7.23. The smallest absolute Gasteiger partial charge is 0.407 e. The minimum atomic E-state index is -0.852. The van der Waals surface area contributed by atoms with Crippen molar-refractivity contribution in [1.29, 1.82) is 0 Å². The van der Waals surface area contributed by atoms with Gasteiger partial charge in [0.05, 0.1) is 0 Å². The summed E-state index contributed by atoms with van der Waals surface area (Å²) < 4.78 is 5.58.